The molecule has 0 unspecified atom stereocenters. The molecule has 0 aliphatic rings. The Bertz CT molecular complexity index is 601. The number of hydrogen-bond acceptors (Lipinski definition) is 1. The molecule has 0 saturated carbocycles. The summed E-state index contributed by atoms with van der Waals surface area (Å²) < 4.78 is 6.24. The maximum Gasteiger partial charge on any atom is 0.118 e. The van der Waals surface area contributed by atoms with Gasteiger partial charge in [0.25, 0.3) is 0 Å². The maximum atomic E-state index is 5.08. The molecule has 2 aromatic carbocycles. The highest BCUT2D eigenvalue weighted by Gasteiger charge is 2.13. The van der Waals surface area contributed by atoms with Gasteiger partial charge in [0.05, 0.1) is 7.11 Å². The number of benzene rings is 2. The minimum absolute atomic E-state index is 0.228. The van der Waals surface area contributed by atoms with Gasteiger partial charge in [-0.15, -0.1) is 0 Å². The van der Waals surface area contributed by atoms with E-state index in [4.69, 9.17) is 4.74 Å². The van der Waals surface area contributed by atoms with E-state index in [1.807, 2.05) is 12.1 Å². The summed E-state index contributed by atoms with van der Waals surface area (Å²) in [5.41, 5.74) is 3.19. The van der Waals surface area contributed by atoms with Crippen LogP contribution in [0.1, 0.15) is 52.7 Å². The highest BCUT2D eigenvalue weighted by molar-refractivity contribution is 9.10. The second kappa shape index (κ2) is 8.01. The molecule has 1 nitrogen and oxygen atoms in total. The number of halogens is 1. The molecule has 126 valence electrons. The molecule has 0 fully saturated rings. The summed E-state index contributed by atoms with van der Waals surface area (Å²) in [4.78, 5) is 0. The Kier molecular flexibility index (Phi) is 6.88. The van der Waals surface area contributed by atoms with Crippen LogP contribution in [0.15, 0.2) is 53.0 Å². The zero-order chi connectivity index (χ0) is 17.7. The highest BCUT2D eigenvalue weighted by Crippen LogP contribution is 2.25. The minimum atomic E-state index is 0.228. The molecule has 2 aromatic rings. The van der Waals surface area contributed by atoms with E-state index in [-0.39, 0.29) is 10.8 Å². The summed E-state index contributed by atoms with van der Waals surface area (Å²) in [6, 6.07) is 16.7. The Labute approximate surface area is 150 Å². The summed E-state index contributed by atoms with van der Waals surface area (Å²) in [5.74, 6) is 0.919. The van der Waals surface area contributed by atoms with Crippen molar-refractivity contribution in [3.63, 3.8) is 0 Å². The van der Waals surface area contributed by atoms with Crippen molar-refractivity contribution in [1.82, 2.24) is 0 Å². The Hall–Kier alpha value is -1.28. The van der Waals surface area contributed by atoms with Gasteiger partial charge in [0, 0.05) is 4.47 Å². The van der Waals surface area contributed by atoms with Gasteiger partial charge < -0.3 is 4.74 Å². The Balaban J connectivity index is 0.000000231. The molecule has 0 aliphatic heterocycles. The molecule has 23 heavy (non-hydrogen) atoms. The largest absolute Gasteiger partial charge is 0.497 e. The molecular formula is C21H29BrO. The van der Waals surface area contributed by atoms with Crippen LogP contribution in [0.3, 0.4) is 0 Å². The molecule has 0 N–H and O–H groups in total. The standard InChI is InChI=1S/C11H16O.C10H13Br/c1-11(2,3)9-5-7-10(12-4)8-6-9;1-10(2,3)8-5-4-6-9(11)7-8/h5-8H,1-4H3;4-7H,1-3H3. The first kappa shape index (κ1) is 19.8. The fourth-order valence-corrected chi connectivity index (χ4v) is 2.45. The van der Waals surface area contributed by atoms with Crippen molar-refractivity contribution in [1.29, 1.82) is 0 Å². The van der Waals surface area contributed by atoms with E-state index >= 15 is 0 Å². The maximum absolute atomic E-state index is 5.08. The average molecular weight is 377 g/mol. The first-order valence-electron chi connectivity index (χ1n) is 7.94. The zero-order valence-electron chi connectivity index (χ0n) is 15.4. The Morgan fingerprint density at radius 2 is 1.26 bits per heavy atom. The molecule has 0 bridgehead atoms. The van der Waals surface area contributed by atoms with E-state index < -0.39 is 0 Å². The van der Waals surface area contributed by atoms with Gasteiger partial charge >= 0.3 is 0 Å². The average Bonchev–Trinajstić information content (AvgIpc) is 2.46. The van der Waals surface area contributed by atoms with Gasteiger partial charge in [-0.3, -0.25) is 0 Å². The molecule has 0 atom stereocenters. The molecule has 0 saturated heterocycles. The van der Waals surface area contributed by atoms with E-state index in [0.717, 1.165) is 10.2 Å². The second-order valence-corrected chi connectivity index (χ2v) is 8.65. The molecule has 0 heterocycles. The molecule has 0 amide bonds. The number of methoxy groups -OCH3 is 1. The van der Waals surface area contributed by atoms with Gasteiger partial charge in [0.2, 0.25) is 0 Å². The lowest BCUT2D eigenvalue weighted by Crippen LogP contribution is -2.10. The first-order chi connectivity index (χ1) is 10.5. The van der Waals surface area contributed by atoms with Crippen LogP contribution in [-0.4, -0.2) is 7.11 Å². The number of hydrogen-bond donors (Lipinski definition) is 0. The van der Waals surface area contributed by atoms with Crippen LogP contribution in [0, 0.1) is 0 Å². The SMILES string of the molecule is CC(C)(C)c1cccc(Br)c1.COc1ccc(C(C)(C)C)cc1. The molecule has 0 aromatic heterocycles. The van der Waals surface area contributed by atoms with E-state index in [1.165, 1.54) is 11.1 Å². The van der Waals surface area contributed by atoms with Gasteiger partial charge in [-0.05, 0) is 46.2 Å². The lowest BCUT2D eigenvalue weighted by molar-refractivity contribution is 0.414. The third-order valence-electron chi connectivity index (χ3n) is 3.65. The van der Waals surface area contributed by atoms with Gasteiger partial charge in [-0.1, -0.05) is 81.7 Å². The molecule has 0 spiro atoms. The normalized spacial score (nSPS) is 11.5. The number of ether oxygens (including phenoxy) is 1. The minimum Gasteiger partial charge on any atom is -0.497 e. The van der Waals surface area contributed by atoms with E-state index in [2.05, 4.69) is 93.9 Å². The fourth-order valence-electron chi connectivity index (χ4n) is 2.05. The van der Waals surface area contributed by atoms with Gasteiger partial charge in [-0.2, -0.15) is 0 Å². The molecule has 0 radical (unpaired) electrons. The van der Waals surface area contributed by atoms with E-state index in [9.17, 15) is 0 Å². The van der Waals surface area contributed by atoms with E-state index in [1.54, 1.807) is 7.11 Å². The van der Waals surface area contributed by atoms with Crippen molar-refractivity contribution in [2.24, 2.45) is 0 Å². The van der Waals surface area contributed by atoms with Crippen LogP contribution in [0.5, 0.6) is 5.75 Å². The van der Waals surface area contributed by atoms with Crippen molar-refractivity contribution < 1.29 is 4.74 Å². The van der Waals surface area contributed by atoms with Crippen molar-refractivity contribution in [3.05, 3.63) is 64.1 Å². The Morgan fingerprint density at radius 1 is 0.739 bits per heavy atom. The zero-order valence-corrected chi connectivity index (χ0v) is 17.0. The van der Waals surface area contributed by atoms with Gasteiger partial charge in [0.15, 0.2) is 0 Å². The summed E-state index contributed by atoms with van der Waals surface area (Å²) >= 11 is 3.45. The molecule has 0 aliphatic carbocycles. The van der Waals surface area contributed by atoms with Crippen molar-refractivity contribution in [2.45, 2.75) is 52.4 Å². The summed E-state index contributed by atoms with van der Waals surface area (Å²) in [5, 5.41) is 0. The van der Waals surface area contributed by atoms with Crippen molar-refractivity contribution >= 4 is 15.9 Å². The molecule has 2 heteroatoms. The Morgan fingerprint density at radius 3 is 1.61 bits per heavy atom. The third kappa shape index (κ3) is 6.78. The van der Waals surface area contributed by atoms with E-state index in [0.29, 0.717) is 0 Å². The summed E-state index contributed by atoms with van der Waals surface area (Å²) in [7, 11) is 1.69. The first-order valence-corrected chi connectivity index (χ1v) is 8.74. The predicted octanol–water partition coefficient (Wildman–Crippen LogP) is 6.74. The van der Waals surface area contributed by atoms with Crippen LogP contribution in [-0.2, 0) is 10.8 Å². The smallest absolute Gasteiger partial charge is 0.118 e. The van der Waals surface area contributed by atoms with Crippen LogP contribution in [0.4, 0.5) is 0 Å². The van der Waals surface area contributed by atoms with Crippen LogP contribution in [0.2, 0.25) is 0 Å². The van der Waals surface area contributed by atoms with Crippen molar-refractivity contribution in [2.75, 3.05) is 7.11 Å². The summed E-state index contributed by atoms with van der Waals surface area (Å²) in [6.07, 6.45) is 0. The van der Waals surface area contributed by atoms with Gasteiger partial charge in [0.1, 0.15) is 5.75 Å². The van der Waals surface area contributed by atoms with Crippen molar-refractivity contribution in [3.8, 4) is 5.75 Å². The third-order valence-corrected chi connectivity index (χ3v) is 4.14. The molecule has 2 rings (SSSR count). The second-order valence-electron chi connectivity index (χ2n) is 7.74. The monoisotopic (exact) mass is 376 g/mol. The van der Waals surface area contributed by atoms with Gasteiger partial charge in [-0.25, -0.2) is 0 Å². The van der Waals surface area contributed by atoms with Crippen LogP contribution < -0.4 is 4.74 Å². The van der Waals surface area contributed by atoms with Crippen LogP contribution in [0.25, 0.3) is 0 Å². The predicted molar refractivity (Wildman–Crippen MR) is 105 cm³/mol. The molecular weight excluding hydrogens is 348 g/mol. The number of rotatable bonds is 1. The quantitative estimate of drug-likeness (QED) is 0.535. The fraction of sp³-hybridized carbons (Fsp3) is 0.429. The highest BCUT2D eigenvalue weighted by atomic mass is 79.9. The topological polar surface area (TPSA) is 9.23 Å². The van der Waals surface area contributed by atoms with Crippen LogP contribution >= 0.6 is 15.9 Å². The lowest BCUT2D eigenvalue weighted by atomic mass is 9.87. The summed E-state index contributed by atoms with van der Waals surface area (Å²) in [6.45, 7) is 13.3. The lowest BCUT2D eigenvalue weighted by Gasteiger charge is -2.18.